The highest BCUT2D eigenvalue weighted by Gasteiger charge is 2.38. The van der Waals surface area contributed by atoms with Gasteiger partial charge in [0.1, 0.15) is 5.82 Å². The molecule has 1 aliphatic carbocycles. The third kappa shape index (κ3) is 3.38. The summed E-state index contributed by atoms with van der Waals surface area (Å²) >= 11 is 0. The molecule has 0 aliphatic heterocycles. The molecule has 1 aromatic heterocycles. The van der Waals surface area contributed by atoms with Crippen LogP contribution in [0.15, 0.2) is 18.3 Å². The Bertz CT molecular complexity index is 399. The van der Waals surface area contributed by atoms with E-state index in [9.17, 15) is 0 Å². The lowest BCUT2D eigenvalue weighted by Crippen LogP contribution is -2.54. The van der Waals surface area contributed by atoms with Gasteiger partial charge in [0.25, 0.3) is 0 Å². The Hall–Kier alpha value is -1.29. The van der Waals surface area contributed by atoms with Crippen LogP contribution in [0.3, 0.4) is 0 Å². The second-order valence-electron chi connectivity index (χ2n) is 5.68. The van der Waals surface area contributed by atoms with E-state index < -0.39 is 0 Å². The monoisotopic (exact) mass is 262 g/mol. The number of rotatable bonds is 7. The number of pyridine rings is 1. The summed E-state index contributed by atoms with van der Waals surface area (Å²) in [5.74, 6) is 0.958. The number of anilines is 2. The minimum absolute atomic E-state index is 0.348. The van der Waals surface area contributed by atoms with Gasteiger partial charge in [-0.25, -0.2) is 4.98 Å². The molecule has 1 saturated carbocycles. The predicted molar refractivity (Wildman–Crippen MR) is 81.8 cm³/mol. The molecular weight excluding hydrogens is 236 g/mol. The maximum Gasteiger partial charge on any atom is 0.127 e. The second-order valence-corrected chi connectivity index (χ2v) is 5.68. The Morgan fingerprint density at radius 1 is 1.32 bits per heavy atom. The molecule has 1 fully saturated rings. The second kappa shape index (κ2) is 6.24. The van der Waals surface area contributed by atoms with Gasteiger partial charge in [0.05, 0.1) is 0 Å². The molecule has 0 atom stereocenters. The Kier molecular flexibility index (Phi) is 4.64. The van der Waals surface area contributed by atoms with Crippen LogP contribution in [0.4, 0.5) is 11.5 Å². The standard InChI is InChI=1S/C15H26N4/c1-4-9-16-14-11-13(6-10-17-14)18-12-15(19(2)3)7-5-8-15/h6,10-11H,4-5,7-9,12H2,1-3H3,(H2,16,17,18). The quantitative estimate of drug-likeness (QED) is 0.793. The molecule has 1 aliphatic rings. The van der Waals surface area contributed by atoms with Crippen molar-refractivity contribution >= 4 is 11.5 Å². The van der Waals surface area contributed by atoms with E-state index in [-0.39, 0.29) is 0 Å². The number of nitrogens with zero attached hydrogens (tertiary/aromatic N) is 2. The first-order valence-electron chi connectivity index (χ1n) is 7.27. The number of hydrogen-bond donors (Lipinski definition) is 2. The van der Waals surface area contributed by atoms with Gasteiger partial charge >= 0.3 is 0 Å². The lowest BCUT2D eigenvalue weighted by molar-refractivity contribution is 0.0739. The Morgan fingerprint density at radius 3 is 2.68 bits per heavy atom. The fraction of sp³-hybridized carbons (Fsp3) is 0.667. The topological polar surface area (TPSA) is 40.2 Å². The summed E-state index contributed by atoms with van der Waals surface area (Å²) in [4.78, 5) is 6.69. The van der Waals surface area contributed by atoms with E-state index in [0.29, 0.717) is 5.54 Å². The van der Waals surface area contributed by atoms with Crippen LogP contribution in [-0.2, 0) is 0 Å². The average molecular weight is 262 g/mol. The fourth-order valence-corrected chi connectivity index (χ4v) is 2.52. The maximum absolute atomic E-state index is 4.33. The van der Waals surface area contributed by atoms with E-state index >= 15 is 0 Å². The van der Waals surface area contributed by atoms with E-state index in [1.54, 1.807) is 0 Å². The van der Waals surface area contributed by atoms with Gasteiger partial charge in [-0.05, 0) is 45.8 Å². The van der Waals surface area contributed by atoms with E-state index in [1.807, 2.05) is 12.3 Å². The molecule has 4 heteroatoms. The van der Waals surface area contributed by atoms with Gasteiger partial charge < -0.3 is 15.5 Å². The highest BCUT2D eigenvalue weighted by molar-refractivity contribution is 5.52. The molecule has 0 radical (unpaired) electrons. The molecule has 1 heterocycles. The van der Waals surface area contributed by atoms with Crippen LogP contribution in [0.5, 0.6) is 0 Å². The van der Waals surface area contributed by atoms with Gasteiger partial charge in [0.2, 0.25) is 0 Å². The Morgan fingerprint density at radius 2 is 2.11 bits per heavy atom. The van der Waals surface area contributed by atoms with Gasteiger partial charge in [0.15, 0.2) is 0 Å². The summed E-state index contributed by atoms with van der Waals surface area (Å²) in [6.45, 7) is 4.14. The van der Waals surface area contributed by atoms with Crippen molar-refractivity contribution in [1.29, 1.82) is 0 Å². The lowest BCUT2D eigenvalue weighted by Gasteiger charge is -2.47. The first-order valence-corrected chi connectivity index (χ1v) is 7.27. The van der Waals surface area contributed by atoms with Crippen molar-refractivity contribution in [2.45, 2.75) is 38.1 Å². The highest BCUT2D eigenvalue weighted by atomic mass is 15.2. The normalized spacial score (nSPS) is 17.1. The van der Waals surface area contributed by atoms with Crippen molar-refractivity contribution in [2.75, 3.05) is 37.8 Å². The molecule has 0 amide bonds. The molecule has 0 unspecified atom stereocenters. The predicted octanol–water partition coefficient (Wildman–Crippen LogP) is 2.80. The molecular formula is C15H26N4. The number of likely N-dealkylation sites (N-methyl/N-ethyl adjacent to an activating group) is 1. The minimum Gasteiger partial charge on any atom is -0.383 e. The van der Waals surface area contributed by atoms with Crippen molar-refractivity contribution in [3.05, 3.63) is 18.3 Å². The molecule has 0 spiro atoms. The summed E-state index contributed by atoms with van der Waals surface area (Å²) in [6.07, 6.45) is 6.91. The number of nitrogens with one attached hydrogen (secondary N) is 2. The number of aromatic nitrogens is 1. The van der Waals surface area contributed by atoms with E-state index in [2.05, 4.69) is 47.6 Å². The minimum atomic E-state index is 0.348. The van der Waals surface area contributed by atoms with Crippen molar-refractivity contribution in [1.82, 2.24) is 9.88 Å². The van der Waals surface area contributed by atoms with Crippen molar-refractivity contribution in [3.63, 3.8) is 0 Å². The summed E-state index contributed by atoms with van der Waals surface area (Å²) in [5, 5.41) is 6.88. The smallest absolute Gasteiger partial charge is 0.127 e. The summed E-state index contributed by atoms with van der Waals surface area (Å²) in [7, 11) is 4.36. The summed E-state index contributed by atoms with van der Waals surface area (Å²) in [6, 6.07) is 4.14. The van der Waals surface area contributed by atoms with Crippen LogP contribution in [0, 0.1) is 0 Å². The highest BCUT2D eigenvalue weighted by Crippen LogP contribution is 2.36. The lowest BCUT2D eigenvalue weighted by atomic mass is 9.75. The Labute approximate surface area is 116 Å². The molecule has 19 heavy (non-hydrogen) atoms. The zero-order valence-electron chi connectivity index (χ0n) is 12.4. The van der Waals surface area contributed by atoms with E-state index in [0.717, 1.165) is 31.0 Å². The third-order valence-electron chi connectivity index (χ3n) is 4.17. The van der Waals surface area contributed by atoms with Crippen molar-refractivity contribution in [3.8, 4) is 0 Å². The van der Waals surface area contributed by atoms with Gasteiger partial charge in [-0.2, -0.15) is 0 Å². The first-order chi connectivity index (χ1) is 9.16. The fourth-order valence-electron chi connectivity index (χ4n) is 2.52. The van der Waals surface area contributed by atoms with Crippen LogP contribution in [0.2, 0.25) is 0 Å². The molecule has 106 valence electrons. The van der Waals surface area contributed by atoms with Gasteiger partial charge in [-0.3, -0.25) is 0 Å². The van der Waals surface area contributed by atoms with Gasteiger partial charge in [-0.1, -0.05) is 6.92 Å². The maximum atomic E-state index is 4.33. The van der Waals surface area contributed by atoms with Crippen LogP contribution in [0.1, 0.15) is 32.6 Å². The molecule has 0 aromatic carbocycles. The number of hydrogen-bond acceptors (Lipinski definition) is 4. The molecule has 1 aromatic rings. The molecule has 0 saturated heterocycles. The Balaban J connectivity index is 1.92. The largest absolute Gasteiger partial charge is 0.383 e. The van der Waals surface area contributed by atoms with Gasteiger partial charge in [0, 0.05) is 36.6 Å². The van der Waals surface area contributed by atoms with E-state index in [4.69, 9.17) is 0 Å². The molecule has 2 rings (SSSR count). The average Bonchev–Trinajstić information content (AvgIpc) is 2.35. The van der Waals surface area contributed by atoms with Crippen molar-refractivity contribution < 1.29 is 0 Å². The third-order valence-corrected chi connectivity index (χ3v) is 4.17. The first kappa shape index (κ1) is 14.1. The molecule has 0 bridgehead atoms. The van der Waals surface area contributed by atoms with Crippen LogP contribution in [0.25, 0.3) is 0 Å². The summed E-state index contributed by atoms with van der Waals surface area (Å²) < 4.78 is 0. The van der Waals surface area contributed by atoms with Crippen LogP contribution in [-0.4, -0.2) is 42.6 Å². The van der Waals surface area contributed by atoms with Crippen LogP contribution >= 0.6 is 0 Å². The zero-order valence-corrected chi connectivity index (χ0v) is 12.4. The van der Waals surface area contributed by atoms with E-state index in [1.165, 1.54) is 19.3 Å². The molecule has 2 N–H and O–H groups in total. The SMILES string of the molecule is CCCNc1cc(NCC2(N(C)C)CCC2)ccn1. The zero-order chi connectivity index (χ0) is 13.7. The van der Waals surface area contributed by atoms with Crippen molar-refractivity contribution in [2.24, 2.45) is 0 Å². The van der Waals surface area contributed by atoms with Crippen LogP contribution < -0.4 is 10.6 Å². The summed E-state index contributed by atoms with van der Waals surface area (Å²) in [5.41, 5.74) is 1.50. The van der Waals surface area contributed by atoms with Gasteiger partial charge in [-0.15, -0.1) is 0 Å². The molecule has 4 nitrogen and oxygen atoms in total.